The second-order valence-corrected chi connectivity index (χ2v) is 4.41. The van der Waals surface area contributed by atoms with Gasteiger partial charge in [0.2, 0.25) is 0 Å². The molecule has 0 fully saturated rings. The molecule has 0 unspecified atom stereocenters. The van der Waals surface area contributed by atoms with Crippen molar-refractivity contribution in [3.63, 3.8) is 0 Å². The van der Waals surface area contributed by atoms with Gasteiger partial charge in [0.15, 0.2) is 0 Å². The summed E-state index contributed by atoms with van der Waals surface area (Å²) in [6.45, 7) is 0. The molecule has 0 aliphatic heterocycles. The minimum atomic E-state index is -4.48. The fraction of sp³-hybridized carbons (Fsp3) is 0.0667. The lowest BCUT2D eigenvalue weighted by Crippen LogP contribution is -2.18. The van der Waals surface area contributed by atoms with Gasteiger partial charge < -0.3 is 5.73 Å². The predicted octanol–water partition coefficient (Wildman–Crippen LogP) is 3.05. The van der Waals surface area contributed by atoms with Crippen molar-refractivity contribution in [1.82, 2.24) is 5.43 Å². The Bertz CT molecular complexity index is 694. The molecule has 1 amide bonds. The number of carbonyl (C=O) groups excluding carboxylic acids is 1. The van der Waals surface area contributed by atoms with Crippen molar-refractivity contribution in [2.24, 2.45) is 5.10 Å². The Kier molecular flexibility index (Phi) is 4.45. The number of carbonyl (C=O) groups is 1. The third-order valence-corrected chi connectivity index (χ3v) is 2.81. The van der Waals surface area contributed by atoms with Gasteiger partial charge in [-0.3, -0.25) is 4.79 Å². The Morgan fingerprint density at radius 1 is 1.09 bits per heavy atom. The summed E-state index contributed by atoms with van der Waals surface area (Å²) in [5, 5.41) is 3.56. The molecular formula is C15H12F3N3O. The van der Waals surface area contributed by atoms with Crippen LogP contribution in [0.2, 0.25) is 0 Å². The highest BCUT2D eigenvalue weighted by Gasteiger charge is 2.32. The van der Waals surface area contributed by atoms with Crippen molar-refractivity contribution >= 4 is 17.8 Å². The molecule has 2 rings (SSSR count). The van der Waals surface area contributed by atoms with E-state index in [0.29, 0.717) is 11.3 Å². The second-order valence-electron chi connectivity index (χ2n) is 4.41. The number of halogens is 3. The molecule has 7 heteroatoms. The van der Waals surface area contributed by atoms with Gasteiger partial charge >= 0.3 is 6.18 Å². The lowest BCUT2D eigenvalue weighted by Gasteiger charge is -2.09. The van der Waals surface area contributed by atoms with Crippen LogP contribution in [0.5, 0.6) is 0 Å². The number of alkyl halides is 3. The van der Waals surface area contributed by atoms with Crippen molar-refractivity contribution in [2.45, 2.75) is 6.18 Å². The first-order chi connectivity index (χ1) is 10.4. The van der Waals surface area contributed by atoms with E-state index in [0.717, 1.165) is 12.3 Å². The number of rotatable bonds is 3. The summed E-state index contributed by atoms with van der Waals surface area (Å²) < 4.78 is 38.3. The zero-order chi connectivity index (χ0) is 16.2. The lowest BCUT2D eigenvalue weighted by atomic mass is 10.1. The molecule has 0 saturated carbocycles. The highest BCUT2D eigenvalue weighted by Crippen LogP contribution is 2.30. The molecule has 0 spiro atoms. The van der Waals surface area contributed by atoms with Crippen molar-refractivity contribution in [3.8, 4) is 0 Å². The average molecular weight is 307 g/mol. The van der Waals surface area contributed by atoms with Crippen LogP contribution < -0.4 is 11.2 Å². The van der Waals surface area contributed by atoms with Crippen LogP contribution >= 0.6 is 0 Å². The van der Waals surface area contributed by atoms with E-state index >= 15 is 0 Å². The molecule has 0 saturated heterocycles. The average Bonchev–Trinajstić information content (AvgIpc) is 2.47. The van der Waals surface area contributed by atoms with Gasteiger partial charge in [-0.05, 0) is 30.3 Å². The SMILES string of the molecule is Nc1ccc(C(=O)N/N=C\c2ccccc2C(F)(F)F)cc1. The topological polar surface area (TPSA) is 67.5 Å². The molecule has 4 nitrogen and oxygen atoms in total. The molecule has 0 heterocycles. The van der Waals surface area contributed by atoms with E-state index in [1.165, 1.54) is 42.5 Å². The van der Waals surface area contributed by atoms with Gasteiger partial charge in [0.05, 0.1) is 11.8 Å². The number of amides is 1. The van der Waals surface area contributed by atoms with E-state index in [1.54, 1.807) is 0 Å². The molecule has 0 bridgehead atoms. The van der Waals surface area contributed by atoms with Crippen molar-refractivity contribution in [3.05, 3.63) is 65.2 Å². The molecule has 0 radical (unpaired) electrons. The molecule has 2 aromatic rings. The number of nitrogens with one attached hydrogen (secondary N) is 1. The van der Waals surface area contributed by atoms with E-state index in [9.17, 15) is 18.0 Å². The summed E-state index contributed by atoms with van der Waals surface area (Å²) in [7, 11) is 0. The lowest BCUT2D eigenvalue weighted by molar-refractivity contribution is -0.137. The summed E-state index contributed by atoms with van der Waals surface area (Å²) in [5.74, 6) is -0.541. The number of nitrogens with two attached hydrogens (primary N) is 1. The number of benzene rings is 2. The van der Waals surface area contributed by atoms with Gasteiger partial charge in [0, 0.05) is 16.8 Å². The van der Waals surface area contributed by atoms with E-state index in [4.69, 9.17) is 5.73 Å². The number of hydrogen-bond acceptors (Lipinski definition) is 3. The van der Waals surface area contributed by atoms with Crippen LogP contribution in [0.1, 0.15) is 21.5 Å². The Morgan fingerprint density at radius 3 is 2.36 bits per heavy atom. The molecular weight excluding hydrogens is 295 g/mol. The Hall–Kier alpha value is -2.83. The van der Waals surface area contributed by atoms with E-state index in [-0.39, 0.29) is 5.56 Å². The Morgan fingerprint density at radius 2 is 1.73 bits per heavy atom. The maximum Gasteiger partial charge on any atom is 0.417 e. The summed E-state index contributed by atoms with van der Waals surface area (Å²) in [4.78, 5) is 11.7. The summed E-state index contributed by atoms with van der Waals surface area (Å²) >= 11 is 0. The molecule has 0 aliphatic rings. The molecule has 3 N–H and O–H groups in total. The number of nitrogens with zero attached hydrogens (tertiary/aromatic N) is 1. The quantitative estimate of drug-likeness (QED) is 0.520. The first-order valence-electron chi connectivity index (χ1n) is 6.23. The van der Waals surface area contributed by atoms with Crippen LogP contribution in [-0.2, 0) is 6.18 Å². The maximum absolute atomic E-state index is 12.8. The molecule has 114 valence electrons. The zero-order valence-corrected chi connectivity index (χ0v) is 11.3. The van der Waals surface area contributed by atoms with Crippen molar-refractivity contribution in [1.29, 1.82) is 0 Å². The van der Waals surface area contributed by atoms with Gasteiger partial charge in [0.1, 0.15) is 0 Å². The van der Waals surface area contributed by atoms with E-state index < -0.39 is 17.6 Å². The van der Waals surface area contributed by atoms with Gasteiger partial charge in [0.25, 0.3) is 5.91 Å². The van der Waals surface area contributed by atoms with Crippen molar-refractivity contribution in [2.75, 3.05) is 5.73 Å². The van der Waals surface area contributed by atoms with Crippen LogP contribution in [-0.4, -0.2) is 12.1 Å². The second kappa shape index (κ2) is 6.30. The number of anilines is 1. The van der Waals surface area contributed by atoms with Crippen LogP contribution in [0.25, 0.3) is 0 Å². The van der Waals surface area contributed by atoms with Crippen LogP contribution in [0, 0.1) is 0 Å². The van der Waals surface area contributed by atoms with Crippen LogP contribution in [0.15, 0.2) is 53.6 Å². The first kappa shape index (κ1) is 15.6. The third-order valence-electron chi connectivity index (χ3n) is 2.81. The Balaban J connectivity index is 2.10. The number of nitrogen functional groups attached to an aromatic ring is 1. The molecule has 2 aromatic carbocycles. The minimum Gasteiger partial charge on any atom is -0.399 e. The number of hydrogen-bond donors (Lipinski definition) is 2. The summed E-state index contributed by atoms with van der Waals surface area (Å²) in [6.07, 6.45) is -3.53. The fourth-order valence-electron chi connectivity index (χ4n) is 1.73. The van der Waals surface area contributed by atoms with Gasteiger partial charge in [-0.2, -0.15) is 18.3 Å². The van der Waals surface area contributed by atoms with Gasteiger partial charge in [-0.1, -0.05) is 18.2 Å². The smallest absolute Gasteiger partial charge is 0.399 e. The van der Waals surface area contributed by atoms with Crippen molar-refractivity contribution < 1.29 is 18.0 Å². The van der Waals surface area contributed by atoms with E-state index in [1.807, 2.05) is 0 Å². The third kappa shape index (κ3) is 3.85. The fourth-order valence-corrected chi connectivity index (χ4v) is 1.73. The summed E-state index contributed by atoms with van der Waals surface area (Å²) in [5.41, 5.74) is 7.51. The highest BCUT2D eigenvalue weighted by atomic mass is 19.4. The molecule has 0 aromatic heterocycles. The normalized spacial score (nSPS) is 11.6. The summed E-state index contributed by atoms with van der Waals surface area (Å²) in [6, 6.07) is 11.0. The predicted molar refractivity (Wildman–Crippen MR) is 77.4 cm³/mol. The first-order valence-corrected chi connectivity index (χ1v) is 6.23. The minimum absolute atomic E-state index is 0.132. The Labute approximate surface area is 124 Å². The largest absolute Gasteiger partial charge is 0.417 e. The zero-order valence-electron chi connectivity index (χ0n) is 11.3. The highest BCUT2D eigenvalue weighted by molar-refractivity contribution is 5.95. The van der Waals surface area contributed by atoms with E-state index in [2.05, 4.69) is 10.5 Å². The van der Waals surface area contributed by atoms with Crippen LogP contribution in [0.4, 0.5) is 18.9 Å². The number of hydrazone groups is 1. The monoisotopic (exact) mass is 307 g/mol. The molecule has 22 heavy (non-hydrogen) atoms. The maximum atomic E-state index is 12.8. The molecule has 0 atom stereocenters. The van der Waals surface area contributed by atoms with Gasteiger partial charge in [-0.25, -0.2) is 5.43 Å². The van der Waals surface area contributed by atoms with Gasteiger partial charge in [-0.15, -0.1) is 0 Å². The molecule has 0 aliphatic carbocycles. The standard InChI is InChI=1S/C15H12F3N3O/c16-15(17,18)13-4-2-1-3-11(13)9-20-21-14(22)10-5-7-12(19)8-6-10/h1-9H,19H2,(H,21,22)/b20-9-. The van der Waals surface area contributed by atoms with Crippen LogP contribution in [0.3, 0.4) is 0 Å².